The van der Waals surface area contributed by atoms with Gasteiger partial charge in [0, 0.05) is 30.7 Å². The minimum atomic E-state index is 0. The van der Waals surface area contributed by atoms with Gasteiger partial charge >= 0.3 is 0 Å². The van der Waals surface area contributed by atoms with Crippen molar-refractivity contribution in [1.82, 2.24) is 10.2 Å². The highest BCUT2D eigenvalue weighted by Crippen LogP contribution is 2.29. The van der Waals surface area contributed by atoms with E-state index in [4.69, 9.17) is 9.47 Å². The van der Waals surface area contributed by atoms with E-state index < -0.39 is 0 Å². The molecule has 128 valence electrons. The van der Waals surface area contributed by atoms with Crippen LogP contribution in [0.25, 0.3) is 0 Å². The fourth-order valence-corrected chi connectivity index (χ4v) is 3.53. The molecule has 1 N–H and O–H groups in total. The molecule has 6 heteroatoms. The lowest BCUT2D eigenvalue weighted by molar-refractivity contribution is -0.130. The predicted octanol–water partition coefficient (Wildman–Crippen LogP) is 2.02. The molecule has 3 rings (SSSR count). The molecule has 1 aromatic carbocycles. The summed E-state index contributed by atoms with van der Waals surface area (Å²) in [6.07, 6.45) is 3.79. The van der Waals surface area contributed by atoms with E-state index in [1.165, 1.54) is 12.8 Å². The molecular weight excluding hydrogens is 316 g/mol. The van der Waals surface area contributed by atoms with Crippen LogP contribution in [0.3, 0.4) is 0 Å². The van der Waals surface area contributed by atoms with Crippen molar-refractivity contribution >= 4 is 18.3 Å². The van der Waals surface area contributed by atoms with Crippen LogP contribution in [0.5, 0.6) is 11.5 Å². The lowest BCUT2D eigenvalue weighted by Gasteiger charge is -2.25. The van der Waals surface area contributed by atoms with Gasteiger partial charge in [0.25, 0.3) is 0 Å². The largest absolute Gasteiger partial charge is 0.496 e. The number of methoxy groups -OCH3 is 2. The number of carbonyl (C=O) groups is 1. The summed E-state index contributed by atoms with van der Waals surface area (Å²) < 4.78 is 10.8. The number of hydrogen-bond donors (Lipinski definition) is 1. The average molecular weight is 341 g/mol. The Morgan fingerprint density at radius 3 is 2.48 bits per heavy atom. The summed E-state index contributed by atoms with van der Waals surface area (Å²) in [5.41, 5.74) is 0.833. The molecule has 2 heterocycles. The summed E-state index contributed by atoms with van der Waals surface area (Å²) in [4.78, 5) is 14.7. The maximum Gasteiger partial charge on any atom is 0.227 e. The molecule has 0 aliphatic carbocycles. The molecule has 2 aliphatic heterocycles. The molecule has 2 fully saturated rings. The van der Waals surface area contributed by atoms with Crippen LogP contribution in [0.2, 0.25) is 0 Å². The number of fused-ring (bicyclic) bond motifs is 2. The lowest BCUT2D eigenvalue weighted by Crippen LogP contribution is -2.39. The summed E-state index contributed by atoms with van der Waals surface area (Å²) in [6, 6.07) is 6.66. The van der Waals surface area contributed by atoms with E-state index >= 15 is 0 Å². The van der Waals surface area contributed by atoms with Crippen molar-refractivity contribution in [2.24, 2.45) is 0 Å². The zero-order valence-corrected chi connectivity index (χ0v) is 14.5. The van der Waals surface area contributed by atoms with Crippen molar-refractivity contribution in [3.63, 3.8) is 0 Å². The third kappa shape index (κ3) is 3.90. The Kier molecular flexibility index (Phi) is 6.13. The van der Waals surface area contributed by atoms with E-state index in [0.29, 0.717) is 30.0 Å². The van der Waals surface area contributed by atoms with E-state index in [2.05, 4.69) is 5.32 Å². The van der Waals surface area contributed by atoms with Crippen molar-refractivity contribution in [3.8, 4) is 11.5 Å². The third-order valence-electron chi connectivity index (χ3n) is 4.73. The molecule has 2 atom stereocenters. The number of ether oxygens (including phenoxy) is 2. The van der Waals surface area contributed by atoms with Crippen molar-refractivity contribution in [1.29, 1.82) is 0 Å². The molecular formula is C17H25ClN2O3. The summed E-state index contributed by atoms with van der Waals surface area (Å²) in [5.74, 6) is 1.57. The average Bonchev–Trinajstić information content (AvgIpc) is 2.86. The molecule has 23 heavy (non-hydrogen) atoms. The van der Waals surface area contributed by atoms with Crippen LogP contribution in [-0.2, 0) is 11.2 Å². The van der Waals surface area contributed by atoms with Crippen molar-refractivity contribution < 1.29 is 14.3 Å². The number of carbonyl (C=O) groups excluding carboxylic acids is 1. The minimum absolute atomic E-state index is 0. The molecule has 0 spiro atoms. The van der Waals surface area contributed by atoms with Crippen LogP contribution in [-0.4, -0.2) is 50.2 Å². The maximum atomic E-state index is 12.7. The zero-order valence-electron chi connectivity index (χ0n) is 13.7. The van der Waals surface area contributed by atoms with Crippen molar-refractivity contribution in [2.45, 2.75) is 37.8 Å². The van der Waals surface area contributed by atoms with Gasteiger partial charge in [-0.05, 0) is 31.4 Å². The molecule has 2 saturated heterocycles. The summed E-state index contributed by atoms with van der Waals surface area (Å²) in [7, 11) is 3.25. The van der Waals surface area contributed by atoms with E-state index in [9.17, 15) is 4.79 Å². The molecule has 0 aromatic heterocycles. The number of amides is 1. The van der Waals surface area contributed by atoms with Gasteiger partial charge < -0.3 is 19.7 Å². The van der Waals surface area contributed by atoms with E-state index in [-0.39, 0.29) is 18.3 Å². The van der Waals surface area contributed by atoms with E-state index in [0.717, 1.165) is 25.1 Å². The molecule has 5 nitrogen and oxygen atoms in total. The number of halogens is 1. The molecule has 0 saturated carbocycles. The highest BCUT2D eigenvalue weighted by Gasteiger charge is 2.31. The number of hydrogen-bond acceptors (Lipinski definition) is 4. The minimum Gasteiger partial charge on any atom is -0.496 e. The van der Waals surface area contributed by atoms with Crippen molar-refractivity contribution in [2.75, 3.05) is 27.3 Å². The van der Waals surface area contributed by atoms with Crippen LogP contribution in [0.15, 0.2) is 18.2 Å². The second kappa shape index (κ2) is 7.88. The van der Waals surface area contributed by atoms with Gasteiger partial charge in [0.05, 0.1) is 20.6 Å². The fourth-order valence-electron chi connectivity index (χ4n) is 3.53. The molecule has 1 aromatic rings. The van der Waals surface area contributed by atoms with Crippen LogP contribution < -0.4 is 14.8 Å². The zero-order chi connectivity index (χ0) is 15.5. The Hall–Kier alpha value is -1.46. The summed E-state index contributed by atoms with van der Waals surface area (Å²) >= 11 is 0. The Bertz CT molecular complexity index is 530. The summed E-state index contributed by atoms with van der Waals surface area (Å²) in [5, 5.41) is 3.60. The van der Waals surface area contributed by atoms with Gasteiger partial charge in [-0.3, -0.25) is 4.79 Å². The normalized spacial score (nSPS) is 23.0. The van der Waals surface area contributed by atoms with Gasteiger partial charge in [-0.15, -0.1) is 12.4 Å². The first-order valence-electron chi connectivity index (χ1n) is 7.95. The monoisotopic (exact) mass is 340 g/mol. The Labute approximate surface area is 143 Å². The Balaban J connectivity index is 0.00000192. The highest BCUT2D eigenvalue weighted by molar-refractivity contribution is 5.85. The van der Waals surface area contributed by atoms with Crippen LogP contribution in [0.1, 0.15) is 24.8 Å². The van der Waals surface area contributed by atoms with Gasteiger partial charge in [0.1, 0.15) is 11.5 Å². The maximum absolute atomic E-state index is 12.7. The number of likely N-dealkylation sites (tertiary alicyclic amines) is 1. The van der Waals surface area contributed by atoms with Gasteiger partial charge in [0.2, 0.25) is 5.91 Å². The Morgan fingerprint density at radius 2 is 1.83 bits per heavy atom. The quantitative estimate of drug-likeness (QED) is 0.911. The fraction of sp³-hybridized carbons (Fsp3) is 0.588. The first kappa shape index (κ1) is 17.9. The van der Waals surface area contributed by atoms with Gasteiger partial charge in [-0.1, -0.05) is 6.07 Å². The van der Waals surface area contributed by atoms with Crippen LogP contribution >= 0.6 is 12.4 Å². The van der Waals surface area contributed by atoms with Crippen molar-refractivity contribution in [3.05, 3.63) is 23.8 Å². The second-order valence-corrected chi connectivity index (χ2v) is 6.08. The van der Waals surface area contributed by atoms with E-state index in [1.807, 2.05) is 23.1 Å². The third-order valence-corrected chi connectivity index (χ3v) is 4.73. The lowest BCUT2D eigenvalue weighted by atomic mass is 10.1. The predicted molar refractivity (Wildman–Crippen MR) is 91.6 cm³/mol. The SMILES string of the molecule is COc1cccc(OC)c1CC(=O)N1CCC2CCC(C1)N2.Cl. The number of rotatable bonds is 4. The highest BCUT2D eigenvalue weighted by atomic mass is 35.5. The first-order valence-corrected chi connectivity index (χ1v) is 7.95. The molecule has 0 radical (unpaired) electrons. The number of nitrogens with zero attached hydrogens (tertiary/aromatic N) is 1. The molecule has 2 aliphatic rings. The van der Waals surface area contributed by atoms with E-state index in [1.54, 1.807) is 14.2 Å². The van der Waals surface area contributed by atoms with Gasteiger partial charge in [0.15, 0.2) is 0 Å². The molecule has 2 unspecified atom stereocenters. The Morgan fingerprint density at radius 1 is 1.17 bits per heavy atom. The first-order chi connectivity index (χ1) is 10.7. The topological polar surface area (TPSA) is 50.8 Å². The number of nitrogens with one attached hydrogen (secondary N) is 1. The number of benzene rings is 1. The second-order valence-electron chi connectivity index (χ2n) is 6.08. The summed E-state index contributed by atoms with van der Waals surface area (Å²) in [6.45, 7) is 1.65. The van der Waals surface area contributed by atoms with Crippen LogP contribution in [0, 0.1) is 0 Å². The van der Waals surface area contributed by atoms with Crippen LogP contribution in [0.4, 0.5) is 0 Å². The van der Waals surface area contributed by atoms with Gasteiger partial charge in [-0.2, -0.15) is 0 Å². The molecule has 2 bridgehead atoms. The van der Waals surface area contributed by atoms with Gasteiger partial charge in [-0.25, -0.2) is 0 Å². The molecule has 1 amide bonds. The standard InChI is InChI=1S/C17H24N2O3.ClH/c1-21-15-4-3-5-16(22-2)14(15)10-17(20)19-9-8-12-6-7-13(11-19)18-12;/h3-5,12-13,18H,6-11H2,1-2H3;1H. The smallest absolute Gasteiger partial charge is 0.227 e.